The van der Waals surface area contributed by atoms with Crippen molar-refractivity contribution in [3.8, 4) is 5.75 Å². The van der Waals surface area contributed by atoms with Crippen LogP contribution in [0.2, 0.25) is 5.02 Å². The minimum atomic E-state index is -0.259. The third-order valence-corrected chi connectivity index (χ3v) is 6.26. The average Bonchev–Trinajstić information content (AvgIpc) is 3.20. The molecule has 4 rings (SSSR count). The third-order valence-electron chi connectivity index (χ3n) is 6.03. The summed E-state index contributed by atoms with van der Waals surface area (Å²) in [5, 5.41) is 3.61. The molecule has 0 aliphatic rings. The lowest BCUT2D eigenvalue weighted by Gasteiger charge is -2.17. The largest absolute Gasteiger partial charge is 0.494 e. The number of benzene rings is 3. The lowest BCUT2D eigenvalue weighted by molar-refractivity contribution is 0.0937. The SMILES string of the molecule is Cc1ccc(OCCCCn2c(C(C)NC(=O)c3cccc(Cl)c3)nc3ccccc32)cc1C. The highest BCUT2D eigenvalue weighted by atomic mass is 35.5. The van der Waals surface area contributed by atoms with E-state index in [2.05, 4.69) is 41.9 Å². The molecule has 6 heteroatoms. The summed E-state index contributed by atoms with van der Waals surface area (Å²) >= 11 is 6.05. The lowest BCUT2D eigenvalue weighted by Crippen LogP contribution is -2.28. The van der Waals surface area contributed by atoms with Gasteiger partial charge in [0.05, 0.1) is 23.7 Å². The summed E-state index contributed by atoms with van der Waals surface area (Å²) in [7, 11) is 0. The van der Waals surface area contributed by atoms with E-state index in [1.54, 1.807) is 24.3 Å². The van der Waals surface area contributed by atoms with Crippen molar-refractivity contribution in [2.45, 2.75) is 46.2 Å². The van der Waals surface area contributed by atoms with Gasteiger partial charge in [-0.25, -0.2) is 4.98 Å². The van der Waals surface area contributed by atoms with Gasteiger partial charge in [0, 0.05) is 17.1 Å². The molecule has 0 fully saturated rings. The van der Waals surface area contributed by atoms with Crippen LogP contribution < -0.4 is 10.1 Å². The maximum absolute atomic E-state index is 12.8. The van der Waals surface area contributed by atoms with Gasteiger partial charge in [0.2, 0.25) is 0 Å². The van der Waals surface area contributed by atoms with Crippen LogP contribution >= 0.6 is 11.6 Å². The van der Waals surface area contributed by atoms with E-state index in [1.165, 1.54) is 11.1 Å². The summed E-state index contributed by atoms with van der Waals surface area (Å²) in [6.07, 6.45) is 1.86. The number of unbranched alkanes of at least 4 members (excludes halogenated alkanes) is 1. The second kappa shape index (κ2) is 10.7. The Balaban J connectivity index is 1.42. The van der Waals surface area contributed by atoms with Gasteiger partial charge in [-0.15, -0.1) is 0 Å². The zero-order valence-corrected chi connectivity index (χ0v) is 20.6. The van der Waals surface area contributed by atoms with Crippen molar-refractivity contribution >= 4 is 28.5 Å². The van der Waals surface area contributed by atoms with E-state index in [1.807, 2.05) is 31.2 Å². The Morgan fingerprint density at radius 2 is 1.85 bits per heavy atom. The number of carbonyl (C=O) groups excluding carboxylic acids is 1. The standard InChI is InChI=1S/C28H30ClN3O2/c1-19-13-14-24(17-20(19)2)34-16-7-6-15-32-26-12-5-4-11-25(26)31-27(32)21(3)30-28(33)22-9-8-10-23(29)18-22/h4-5,8-14,17-18,21H,6-7,15-16H2,1-3H3,(H,30,33). The quantitative estimate of drug-likeness (QED) is 0.275. The maximum atomic E-state index is 12.8. The summed E-state index contributed by atoms with van der Waals surface area (Å²) < 4.78 is 8.15. The van der Waals surface area contributed by atoms with Crippen molar-refractivity contribution in [1.29, 1.82) is 0 Å². The first-order chi connectivity index (χ1) is 16.4. The van der Waals surface area contributed by atoms with Gasteiger partial charge in [0.15, 0.2) is 0 Å². The lowest BCUT2D eigenvalue weighted by atomic mass is 10.1. The molecule has 34 heavy (non-hydrogen) atoms. The van der Waals surface area contributed by atoms with Crippen LogP contribution in [-0.4, -0.2) is 22.1 Å². The molecule has 0 aliphatic heterocycles. The molecule has 0 saturated heterocycles. The number of hydrogen-bond donors (Lipinski definition) is 1. The van der Waals surface area contributed by atoms with Crippen molar-refractivity contribution < 1.29 is 9.53 Å². The van der Waals surface area contributed by atoms with Crippen molar-refractivity contribution in [1.82, 2.24) is 14.9 Å². The minimum absolute atomic E-state index is 0.171. The summed E-state index contributed by atoms with van der Waals surface area (Å²) in [5.41, 5.74) is 5.03. The van der Waals surface area contributed by atoms with Crippen molar-refractivity contribution in [3.63, 3.8) is 0 Å². The number of nitrogens with zero attached hydrogens (tertiary/aromatic N) is 2. The van der Waals surface area contributed by atoms with Gasteiger partial charge in [-0.1, -0.05) is 35.9 Å². The zero-order chi connectivity index (χ0) is 24.1. The zero-order valence-electron chi connectivity index (χ0n) is 19.8. The first-order valence-corrected chi connectivity index (χ1v) is 12.0. The molecule has 4 aromatic rings. The normalized spacial score (nSPS) is 12.0. The first-order valence-electron chi connectivity index (χ1n) is 11.6. The number of carbonyl (C=O) groups is 1. The number of aromatic nitrogens is 2. The predicted octanol–water partition coefficient (Wildman–Crippen LogP) is 6.66. The molecule has 176 valence electrons. The summed E-state index contributed by atoms with van der Waals surface area (Å²) in [6.45, 7) is 7.61. The van der Waals surface area contributed by atoms with E-state index in [-0.39, 0.29) is 11.9 Å². The average molecular weight is 476 g/mol. The molecule has 1 amide bonds. The Kier molecular flexibility index (Phi) is 7.53. The molecular weight excluding hydrogens is 446 g/mol. The number of ether oxygens (including phenoxy) is 1. The minimum Gasteiger partial charge on any atom is -0.494 e. The van der Waals surface area contributed by atoms with Crippen molar-refractivity contribution in [2.75, 3.05) is 6.61 Å². The molecule has 0 aliphatic carbocycles. The molecule has 0 radical (unpaired) electrons. The van der Waals surface area contributed by atoms with Gasteiger partial charge in [-0.3, -0.25) is 4.79 Å². The third kappa shape index (κ3) is 5.60. The Hall–Kier alpha value is -3.31. The maximum Gasteiger partial charge on any atom is 0.251 e. The van der Waals surface area contributed by atoms with E-state index in [4.69, 9.17) is 21.3 Å². The summed E-state index contributed by atoms with van der Waals surface area (Å²) in [6, 6.07) is 21.0. The van der Waals surface area contributed by atoms with Gasteiger partial charge >= 0.3 is 0 Å². The number of amides is 1. The van der Waals surface area contributed by atoms with E-state index in [0.717, 1.165) is 42.0 Å². The predicted molar refractivity (Wildman–Crippen MR) is 138 cm³/mol. The number of rotatable bonds is 9. The second-order valence-corrected chi connectivity index (χ2v) is 9.05. The van der Waals surface area contributed by atoms with Crippen LogP contribution in [-0.2, 0) is 6.54 Å². The topological polar surface area (TPSA) is 56.1 Å². The number of hydrogen-bond acceptors (Lipinski definition) is 3. The molecule has 1 N–H and O–H groups in total. The van der Waals surface area contributed by atoms with E-state index >= 15 is 0 Å². The van der Waals surface area contributed by atoms with Gasteiger partial charge in [0.25, 0.3) is 5.91 Å². The fourth-order valence-electron chi connectivity index (χ4n) is 4.00. The summed E-state index contributed by atoms with van der Waals surface area (Å²) in [4.78, 5) is 17.6. The van der Waals surface area contributed by atoms with Gasteiger partial charge in [0.1, 0.15) is 11.6 Å². The Morgan fingerprint density at radius 1 is 1.03 bits per heavy atom. The van der Waals surface area contributed by atoms with Crippen molar-refractivity contribution in [2.24, 2.45) is 0 Å². The van der Waals surface area contributed by atoms with Gasteiger partial charge in [-0.05, 0) is 87.2 Å². The van der Waals surface area contributed by atoms with Crippen LogP contribution in [0, 0.1) is 13.8 Å². The Labute approximate surface area is 205 Å². The van der Waals surface area contributed by atoms with E-state index < -0.39 is 0 Å². The molecule has 0 saturated carbocycles. The van der Waals surface area contributed by atoms with E-state index in [0.29, 0.717) is 17.2 Å². The van der Waals surface area contributed by atoms with Crippen LogP contribution in [0.15, 0.2) is 66.7 Å². The van der Waals surface area contributed by atoms with Gasteiger partial charge in [-0.2, -0.15) is 0 Å². The molecule has 0 bridgehead atoms. The van der Waals surface area contributed by atoms with E-state index in [9.17, 15) is 4.79 Å². The molecule has 1 unspecified atom stereocenters. The molecule has 0 spiro atoms. The van der Waals surface area contributed by atoms with Crippen LogP contribution in [0.4, 0.5) is 0 Å². The van der Waals surface area contributed by atoms with Gasteiger partial charge < -0.3 is 14.6 Å². The number of halogens is 1. The Morgan fingerprint density at radius 3 is 2.65 bits per heavy atom. The Bertz CT molecular complexity index is 1300. The number of para-hydroxylation sites is 2. The number of aryl methyl sites for hydroxylation is 3. The monoisotopic (exact) mass is 475 g/mol. The summed E-state index contributed by atoms with van der Waals surface area (Å²) in [5.74, 6) is 1.58. The van der Waals surface area contributed by atoms with Crippen LogP contribution in [0.25, 0.3) is 11.0 Å². The number of imidazole rings is 1. The number of fused-ring (bicyclic) bond motifs is 1. The fourth-order valence-corrected chi connectivity index (χ4v) is 4.19. The molecular formula is C28H30ClN3O2. The molecule has 1 heterocycles. The fraction of sp³-hybridized carbons (Fsp3) is 0.286. The second-order valence-electron chi connectivity index (χ2n) is 8.62. The molecule has 5 nitrogen and oxygen atoms in total. The van der Waals surface area contributed by atoms with Crippen LogP contribution in [0.5, 0.6) is 5.75 Å². The highest BCUT2D eigenvalue weighted by molar-refractivity contribution is 6.30. The smallest absolute Gasteiger partial charge is 0.251 e. The molecule has 1 atom stereocenters. The first kappa shape index (κ1) is 23.8. The number of nitrogens with one attached hydrogen (secondary N) is 1. The highest BCUT2D eigenvalue weighted by Gasteiger charge is 2.19. The highest BCUT2D eigenvalue weighted by Crippen LogP contribution is 2.23. The van der Waals surface area contributed by atoms with Crippen LogP contribution in [0.1, 0.15) is 53.1 Å². The van der Waals surface area contributed by atoms with Crippen LogP contribution in [0.3, 0.4) is 0 Å². The van der Waals surface area contributed by atoms with Crippen molar-refractivity contribution in [3.05, 3.63) is 94.3 Å². The molecule has 1 aromatic heterocycles. The molecule has 3 aromatic carbocycles.